The zero-order valence-electron chi connectivity index (χ0n) is 14.0. The summed E-state index contributed by atoms with van der Waals surface area (Å²) in [6.07, 6.45) is -0.954. The van der Waals surface area contributed by atoms with Crippen molar-refractivity contribution in [2.24, 2.45) is 0 Å². The predicted octanol–water partition coefficient (Wildman–Crippen LogP) is 5.44. The summed E-state index contributed by atoms with van der Waals surface area (Å²) in [7, 11) is 1.55. The van der Waals surface area contributed by atoms with Gasteiger partial charge in [0.1, 0.15) is 5.56 Å². The molecule has 0 amide bonds. The van der Waals surface area contributed by atoms with Crippen molar-refractivity contribution in [2.45, 2.75) is 32.4 Å². The van der Waals surface area contributed by atoms with E-state index in [0.717, 1.165) is 29.0 Å². The van der Waals surface area contributed by atoms with Gasteiger partial charge in [0, 0.05) is 22.5 Å². The molecule has 136 valence electrons. The molecular formula is C17H19F3IN3O. The van der Waals surface area contributed by atoms with Gasteiger partial charge >= 0.3 is 12.2 Å². The Morgan fingerprint density at radius 1 is 1.24 bits per heavy atom. The fourth-order valence-electron chi connectivity index (χ4n) is 2.20. The molecule has 0 aliphatic rings. The van der Waals surface area contributed by atoms with Gasteiger partial charge in [-0.2, -0.15) is 18.2 Å². The Hall–Kier alpha value is -1.58. The van der Waals surface area contributed by atoms with Gasteiger partial charge in [0.25, 0.3) is 0 Å². The maximum atomic E-state index is 13.3. The van der Waals surface area contributed by atoms with Crippen LogP contribution in [0.4, 0.5) is 24.7 Å². The van der Waals surface area contributed by atoms with Gasteiger partial charge in [-0.1, -0.05) is 25.8 Å². The highest BCUT2D eigenvalue weighted by molar-refractivity contribution is 14.1. The third-order valence-electron chi connectivity index (χ3n) is 3.54. The van der Waals surface area contributed by atoms with E-state index >= 15 is 0 Å². The number of rotatable bonds is 7. The first-order valence-corrected chi connectivity index (χ1v) is 8.97. The Balaban J connectivity index is 2.34. The monoisotopic (exact) mass is 465 g/mol. The first-order valence-electron chi connectivity index (χ1n) is 7.89. The van der Waals surface area contributed by atoms with Crippen molar-refractivity contribution in [3.05, 3.63) is 39.6 Å². The van der Waals surface area contributed by atoms with E-state index in [1.54, 1.807) is 25.2 Å². The molecule has 0 atom stereocenters. The lowest BCUT2D eigenvalue weighted by Crippen LogP contribution is -2.19. The summed E-state index contributed by atoms with van der Waals surface area (Å²) in [5.41, 5.74) is -0.289. The second-order valence-electron chi connectivity index (χ2n) is 5.48. The predicted molar refractivity (Wildman–Crippen MR) is 99.3 cm³/mol. The minimum absolute atomic E-state index is 0.0448. The summed E-state index contributed by atoms with van der Waals surface area (Å²) in [4.78, 5) is 9.12. The van der Waals surface area contributed by atoms with Crippen LogP contribution in [-0.4, -0.2) is 23.6 Å². The molecule has 2 aromatic rings. The fraction of sp³-hybridized carbons (Fsp3) is 0.412. The van der Waals surface area contributed by atoms with Crippen molar-refractivity contribution in [3.63, 3.8) is 0 Å². The van der Waals surface area contributed by atoms with E-state index in [0.29, 0.717) is 12.3 Å². The highest BCUT2D eigenvalue weighted by atomic mass is 127. The molecule has 25 heavy (non-hydrogen) atoms. The van der Waals surface area contributed by atoms with Crippen LogP contribution in [0.25, 0.3) is 0 Å². The number of alkyl halides is 3. The van der Waals surface area contributed by atoms with Crippen LogP contribution in [0.5, 0.6) is 6.01 Å². The molecular weight excluding hydrogens is 446 g/mol. The maximum Gasteiger partial charge on any atom is 0.421 e. The molecule has 0 saturated heterocycles. The lowest BCUT2D eigenvalue weighted by atomic mass is 10.2. The molecule has 0 bridgehead atoms. The third kappa shape index (κ3) is 5.45. The van der Waals surface area contributed by atoms with Crippen LogP contribution in [0.1, 0.15) is 31.7 Å². The molecule has 8 heteroatoms. The van der Waals surface area contributed by atoms with Crippen LogP contribution in [0, 0.1) is 3.57 Å². The van der Waals surface area contributed by atoms with Crippen molar-refractivity contribution >= 4 is 34.1 Å². The summed E-state index contributed by atoms with van der Waals surface area (Å²) >= 11 is 2.11. The van der Waals surface area contributed by atoms with Gasteiger partial charge in [-0.05, 0) is 47.2 Å². The van der Waals surface area contributed by atoms with E-state index in [1.807, 2.05) is 6.07 Å². The number of nitrogens with zero attached hydrogens (tertiary/aromatic N) is 3. The number of aromatic nitrogens is 2. The molecule has 0 saturated carbocycles. The molecule has 1 aromatic heterocycles. The molecule has 0 aliphatic carbocycles. The minimum atomic E-state index is -4.55. The Morgan fingerprint density at radius 3 is 2.64 bits per heavy atom. The molecule has 0 spiro atoms. The van der Waals surface area contributed by atoms with Crippen LogP contribution >= 0.6 is 22.6 Å². The van der Waals surface area contributed by atoms with E-state index in [-0.39, 0.29) is 11.8 Å². The molecule has 4 nitrogen and oxygen atoms in total. The average molecular weight is 465 g/mol. The number of hydrogen-bond acceptors (Lipinski definition) is 4. The SMILES string of the molecule is CCCCCOc1ncc(C(F)(F)F)c(N(C)c2cccc(I)c2)n1. The van der Waals surface area contributed by atoms with Crippen molar-refractivity contribution in [2.75, 3.05) is 18.6 Å². The number of halogens is 4. The van der Waals surface area contributed by atoms with Crippen LogP contribution in [0.3, 0.4) is 0 Å². The molecule has 0 N–H and O–H groups in total. The van der Waals surface area contributed by atoms with Crippen molar-refractivity contribution in [1.29, 1.82) is 0 Å². The third-order valence-corrected chi connectivity index (χ3v) is 4.22. The van der Waals surface area contributed by atoms with Crippen molar-refractivity contribution in [3.8, 4) is 6.01 Å². The van der Waals surface area contributed by atoms with Crippen LogP contribution in [-0.2, 0) is 6.18 Å². The zero-order valence-corrected chi connectivity index (χ0v) is 16.1. The smallest absolute Gasteiger partial charge is 0.421 e. The van der Waals surface area contributed by atoms with Gasteiger partial charge in [-0.15, -0.1) is 0 Å². The summed E-state index contributed by atoms with van der Waals surface area (Å²) in [5, 5.41) is 0. The van der Waals surface area contributed by atoms with E-state index in [9.17, 15) is 13.2 Å². The van der Waals surface area contributed by atoms with Gasteiger partial charge in [0.05, 0.1) is 6.61 Å². The Labute approximate surface area is 158 Å². The van der Waals surface area contributed by atoms with E-state index in [1.165, 1.54) is 4.90 Å². The summed E-state index contributed by atoms with van der Waals surface area (Å²) < 4.78 is 46.3. The first kappa shape index (κ1) is 19.7. The second kappa shape index (κ2) is 8.68. The van der Waals surface area contributed by atoms with Gasteiger partial charge in [0.15, 0.2) is 5.82 Å². The lowest BCUT2D eigenvalue weighted by molar-refractivity contribution is -0.137. The minimum Gasteiger partial charge on any atom is -0.463 e. The largest absolute Gasteiger partial charge is 0.463 e. The summed E-state index contributed by atoms with van der Waals surface area (Å²) in [6, 6.07) is 7.11. The number of ether oxygens (including phenoxy) is 1. The van der Waals surface area contributed by atoms with Crippen molar-refractivity contribution < 1.29 is 17.9 Å². The second-order valence-corrected chi connectivity index (χ2v) is 6.73. The average Bonchev–Trinajstić information content (AvgIpc) is 2.57. The van der Waals surface area contributed by atoms with Gasteiger partial charge in [-0.25, -0.2) is 4.98 Å². The molecule has 0 fully saturated rings. The van der Waals surface area contributed by atoms with E-state index in [2.05, 4.69) is 39.5 Å². The molecule has 0 aliphatic heterocycles. The molecule has 0 radical (unpaired) electrons. The van der Waals surface area contributed by atoms with Crippen molar-refractivity contribution in [1.82, 2.24) is 9.97 Å². The quantitative estimate of drug-likeness (QED) is 0.404. The van der Waals surface area contributed by atoms with Gasteiger partial charge < -0.3 is 9.64 Å². The van der Waals surface area contributed by atoms with Crippen LogP contribution in [0.15, 0.2) is 30.5 Å². The fourth-order valence-corrected chi connectivity index (χ4v) is 2.73. The topological polar surface area (TPSA) is 38.2 Å². The highest BCUT2D eigenvalue weighted by Gasteiger charge is 2.36. The first-order chi connectivity index (χ1) is 11.8. The Morgan fingerprint density at radius 2 is 2.00 bits per heavy atom. The van der Waals surface area contributed by atoms with Crippen LogP contribution in [0.2, 0.25) is 0 Å². The number of benzene rings is 1. The normalized spacial score (nSPS) is 11.4. The number of unbranched alkanes of at least 4 members (excludes halogenated alkanes) is 2. The summed E-state index contributed by atoms with van der Waals surface area (Å²) in [5.74, 6) is -0.227. The molecule has 0 unspecified atom stereocenters. The lowest BCUT2D eigenvalue weighted by Gasteiger charge is -2.22. The zero-order chi connectivity index (χ0) is 18.4. The standard InChI is InChI=1S/C17H19F3IN3O/c1-3-4-5-9-25-16-22-11-14(17(18,19)20)15(23-16)24(2)13-8-6-7-12(21)10-13/h6-8,10-11H,3-5,9H2,1-2H3. The maximum absolute atomic E-state index is 13.3. The number of anilines is 2. The van der Waals surface area contributed by atoms with Gasteiger partial charge in [-0.3, -0.25) is 0 Å². The Bertz CT molecular complexity index is 710. The Kier molecular flexibility index (Phi) is 6.86. The molecule has 1 heterocycles. The highest BCUT2D eigenvalue weighted by Crippen LogP contribution is 2.37. The number of hydrogen-bond donors (Lipinski definition) is 0. The van der Waals surface area contributed by atoms with E-state index < -0.39 is 11.7 Å². The molecule has 1 aromatic carbocycles. The summed E-state index contributed by atoms with van der Waals surface area (Å²) in [6.45, 7) is 2.44. The van der Waals surface area contributed by atoms with Gasteiger partial charge in [0.2, 0.25) is 0 Å². The van der Waals surface area contributed by atoms with E-state index in [4.69, 9.17) is 4.74 Å². The van der Waals surface area contributed by atoms with Crippen LogP contribution < -0.4 is 9.64 Å². The molecule has 2 rings (SSSR count).